The minimum absolute atomic E-state index is 1.14. The monoisotopic (exact) mass is 452 g/mol. The molecular formula is C36H20. The molecule has 0 bridgehead atoms. The standard InChI is InChI=1S/C36H20/c1-2-11-25-22-35-31(27-13-5-8-16-30(27)34(35)21-24(25)10-1)19-20-33-29-15-7-6-14-28(29)32-18-17-23-9-3-4-12-26(23)36(32)33/h1-18,20,22H/b31-19?,33-20-. The Balaban J connectivity index is 1.41. The molecule has 0 aromatic heterocycles. The maximum absolute atomic E-state index is 3.78. The Hall–Kier alpha value is -4.68. The topological polar surface area (TPSA) is 0 Å². The van der Waals surface area contributed by atoms with Gasteiger partial charge in [-0.2, -0.15) is 0 Å². The fourth-order valence-electron chi connectivity index (χ4n) is 5.96. The number of hydrogen-bond donors (Lipinski definition) is 0. The van der Waals surface area contributed by atoms with E-state index in [-0.39, 0.29) is 0 Å². The van der Waals surface area contributed by atoms with E-state index < -0.39 is 0 Å². The van der Waals surface area contributed by atoms with Gasteiger partial charge in [-0.05, 0) is 101 Å². The lowest BCUT2D eigenvalue weighted by atomic mass is 9.95. The number of rotatable bonds is 1. The summed E-state index contributed by atoms with van der Waals surface area (Å²) in [5.74, 6) is 0. The molecular weight excluding hydrogens is 432 g/mol. The lowest BCUT2D eigenvalue weighted by Gasteiger charge is -2.08. The van der Waals surface area contributed by atoms with Crippen molar-refractivity contribution in [2.45, 2.75) is 0 Å². The van der Waals surface area contributed by atoms with Gasteiger partial charge in [0.2, 0.25) is 0 Å². The van der Waals surface area contributed by atoms with Gasteiger partial charge in [0.1, 0.15) is 0 Å². The highest BCUT2D eigenvalue weighted by Crippen LogP contribution is 2.49. The highest BCUT2D eigenvalue weighted by Gasteiger charge is 2.26. The molecule has 0 heterocycles. The van der Waals surface area contributed by atoms with E-state index in [0.717, 1.165) is 11.0 Å². The highest BCUT2D eigenvalue weighted by molar-refractivity contribution is 6.12. The van der Waals surface area contributed by atoms with Gasteiger partial charge in [0.25, 0.3) is 0 Å². The van der Waals surface area contributed by atoms with Crippen LogP contribution in [-0.4, -0.2) is 0 Å². The molecule has 0 fully saturated rings. The van der Waals surface area contributed by atoms with Gasteiger partial charge in [-0.1, -0.05) is 109 Å². The van der Waals surface area contributed by atoms with E-state index in [0.29, 0.717) is 0 Å². The summed E-state index contributed by atoms with van der Waals surface area (Å²) < 4.78 is 0. The van der Waals surface area contributed by atoms with Crippen LogP contribution in [0.4, 0.5) is 0 Å². The summed E-state index contributed by atoms with van der Waals surface area (Å²) in [4.78, 5) is 0. The van der Waals surface area contributed by atoms with Gasteiger partial charge in [-0.25, -0.2) is 0 Å². The molecule has 0 saturated heterocycles. The number of benzene rings is 6. The third kappa shape index (κ3) is 2.70. The van der Waals surface area contributed by atoms with Crippen LogP contribution in [-0.2, 0) is 0 Å². The summed E-state index contributed by atoms with van der Waals surface area (Å²) in [6.07, 6.45) is 6.00. The van der Waals surface area contributed by atoms with E-state index in [2.05, 4.69) is 133 Å². The van der Waals surface area contributed by atoms with Crippen LogP contribution in [0.5, 0.6) is 0 Å². The number of allylic oxidation sites excluding steroid dienone is 2. The molecule has 2 radical (unpaired) electrons. The molecule has 0 unspecified atom stereocenters. The normalized spacial score (nSPS) is 15.3. The third-order valence-corrected chi connectivity index (χ3v) is 7.59. The SMILES string of the molecule is [C](/C=C1/c2ccccc2-c2ccc3ccccc3c21)=C1c2cc3ccccc3[c]c2-c2ccccc21. The molecule has 0 atom stereocenters. The molecule has 0 N–H and O–H groups in total. The highest BCUT2D eigenvalue weighted by atomic mass is 14.3. The summed E-state index contributed by atoms with van der Waals surface area (Å²) in [7, 11) is 0. The van der Waals surface area contributed by atoms with Gasteiger partial charge >= 0.3 is 0 Å². The fraction of sp³-hybridized carbons (Fsp3) is 0. The molecule has 6 aromatic carbocycles. The zero-order chi connectivity index (χ0) is 23.6. The van der Waals surface area contributed by atoms with Gasteiger partial charge in [-0.3, -0.25) is 0 Å². The molecule has 8 rings (SSSR count). The molecule has 0 saturated carbocycles. The zero-order valence-corrected chi connectivity index (χ0v) is 19.5. The van der Waals surface area contributed by atoms with E-state index in [1.54, 1.807) is 0 Å². The van der Waals surface area contributed by atoms with Crippen LogP contribution >= 0.6 is 0 Å². The summed E-state index contributed by atoms with van der Waals surface area (Å²) in [5, 5.41) is 4.91. The van der Waals surface area contributed by atoms with Crippen molar-refractivity contribution in [1.82, 2.24) is 0 Å². The lowest BCUT2D eigenvalue weighted by molar-refractivity contribution is 1.64. The van der Waals surface area contributed by atoms with Crippen molar-refractivity contribution in [2.75, 3.05) is 0 Å². The Labute approximate surface area is 210 Å². The largest absolute Gasteiger partial charge is 0.0616 e. The Morgan fingerprint density at radius 2 is 1.22 bits per heavy atom. The third-order valence-electron chi connectivity index (χ3n) is 7.59. The van der Waals surface area contributed by atoms with Crippen LogP contribution in [0.3, 0.4) is 0 Å². The van der Waals surface area contributed by atoms with E-state index >= 15 is 0 Å². The van der Waals surface area contributed by atoms with Gasteiger partial charge in [0, 0.05) is 0 Å². The van der Waals surface area contributed by atoms with Crippen LogP contribution in [0.2, 0.25) is 0 Å². The summed E-state index contributed by atoms with van der Waals surface area (Å²) in [6, 6.07) is 45.1. The molecule has 0 amide bonds. The Morgan fingerprint density at radius 3 is 2.11 bits per heavy atom. The van der Waals surface area contributed by atoms with Crippen LogP contribution in [0, 0.1) is 12.1 Å². The van der Waals surface area contributed by atoms with Crippen molar-refractivity contribution >= 4 is 32.7 Å². The van der Waals surface area contributed by atoms with Crippen LogP contribution in [0.15, 0.2) is 121 Å². The molecule has 164 valence electrons. The van der Waals surface area contributed by atoms with Gasteiger partial charge < -0.3 is 0 Å². The first-order valence-corrected chi connectivity index (χ1v) is 12.4. The number of fused-ring (bicyclic) bond motifs is 9. The van der Waals surface area contributed by atoms with E-state index in [4.69, 9.17) is 0 Å². The van der Waals surface area contributed by atoms with E-state index in [9.17, 15) is 0 Å². The first kappa shape index (κ1) is 19.6. The molecule has 36 heavy (non-hydrogen) atoms. The van der Waals surface area contributed by atoms with Crippen molar-refractivity contribution in [3.05, 3.63) is 156 Å². The van der Waals surface area contributed by atoms with Gasteiger partial charge in [0.15, 0.2) is 0 Å². The maximum Gasteiger partial charge on any atom is -0.000763 e. The fourth-order valence-corrected chi connectivity index (χ4v) is 5.96. The minimum atomic E-state index is 1.14. The second-order valence-electron chi connectivity index (χ2n) is 9.52. The average Bonchev–Trinajstić information content (AvgIpc) is 3.43. The van der Waals surface area contributed by atoms with Crippen LogP contribution in [0.1, 0.15) is 22.3 Å². The quantitative estimate of drug-likeness (QED) is 0.233. The van der Waals surface area contributed by atoms with Crippen molar-refractivity contribution < 1.29 is 0 Å². The molecule has 0 heteroatoms. The first-order chi connectivity index (χ1) is 17.9. The second-order valence-corrected chi connectivity index (χ2v) is 9.52. The van der Waals surface area contributed by atoms with Gasteiger partial charge in [-0.15, -0.1) is 0 Å². The summed E-state index contributed by atoms with van der Waals surface area (Å²) >= 11 is 0. The minimum Gasteiger partial charge on any atom is -0.0616 e. The van der Waals surface area contributed by atoms with Crippen LogP contribution < -0.4 is 0 Å². The van der Waals surface area contributed by atoms with Crippen LogP contribution in [0.25, 0.3) is 54.9 Å². The van der Waals surface area contributed by atoms with Crippen molar-refractivity contribution in [1.29, 1.82) is 0 Å². The van der Waals surface area contributed by atoms with E-state index in [1.807, 2.05) is 0 Å². The second kappa shape index (κ2) is 7.41. The molecule has 2 aliphatic carbocycles. The zero-order valence-electron chi connectivity index (χ0n) is 19.5. The molecule has 0 aliphatic heterocycles. The van der Waals surface area contributed by atoms with Crippen molar-refractivity contribution in [3.63, 3.8) is 0 Å². The Morgan fingerprint density at radius 1 is 0.528 bits per heavy atom. The van der Waals surface area contributed by atoms with Crippen molar-refractivity contribution in [2.24, 2.45) is 0 Å². The molecule has 0 nitrogen and oxygen atoms in total. The molecule has 2 aliphatic rings. The Kier molecular flexibility index (Phi) is 4.03. The predicted molar refractivity (Wildman–Crippen MR) is 150 cm³/mol. The van der Waals surface area contributed by atoms with E-state index in [1.165, 1.54) is 66.2 Å². The Bertz CT molecular complexity index is 1930. The average molecular weight is 453 g/mol. The summed E-state index contributed by atoms with van der Waals surface area (Å²) in [6.45, 7) is 0. The summed E-state index contributed by atoms with van der Waals surface area (Å²) in [5.41, 5.74) is 12.4. The lowest BCUT2D eigenvalue weighted by Crippen LogP contribution is -1.86. The number of hydrogen-bond acceptors (Lipinski definition) is 0. The first-order valence-electron chi connectivity index (χ1n) is 12.4. The molecule has 0 spiro atoms. The molecule has 6 aromatic rings. The smallest absolute Gasteiger partial charge is 0.000763 e. The predicted octanol–water partition coefficient (Wildman–Crippen LogP) is 9.12. The maximum atomic E-state index is 3.78. The van der Waals surface area contributed by atoms with Crippen molar-refractivity contribution in [3.8, 4) is 22.3 Å². The van der Waals surface area contributed by atoms with Gasteiger partial charge in [0.05, 0.1) is 0 Å².